The van der Waals surface area contributed by atoms with Crippen LogP contribution >= 0.6 is 0 Å². The van der Waals surface area contributed by atoms with E-state index in [1.165, 1.54) is 6.07 Å². The Kier molecular flexibility index (Phi) is 7.67. The highest BCUT2D eigenvalue weighted by molar-refractivity contribution is 6.62. The van der Waals surface area contributed by atoms with Crippen LogP contribution in [0.2, 0.25) is 0 Å². The van der Waals surface area contributed by atoms with E-state index in [1.807, 2.05) is 27.7 Å². The second-order valence-corrected chi connectivity index (χ2v) is 9.62. The van der Waals surface area contributed by atoms with Gasteiger partial charge in [-0.15, -0.1) is 0 Å². The van der Waals surface area contributed by atoms with E-state index in [0.29, 0.717) is 12.4 Å². The Morgan fingerprint density at radius 3 is 2.44 bits per heavy atom. The number of ether oxygens (including phenoxy) is 1. The molecule has 1 saturated heterocycles. The zero-order chi connectivity index (χ0) is 25.3. The number of hydrogen-bond acceptors (Lipinski definition) is 5. The lowest BCUT2D eigenvalue weighted by Gasteiger charge is -2.32. The van der Waals surface area contributed by atoms with Gasteiger partial charge in [-0.2, -0.15) is 0 Å². The van der Waals surface area contributed by atoms with Gasteiger partial charge < -0.3 is 19.4 Å². The Morgan fingerprint density at radius 2 is 1.85 bits per heavy atom. The summed E-state index contributed by atoms with van der Waals surface area (Å²) >= 11 is 0. The van der Waals surface area contributed by atoms with Crippen LogP contribution in [0.5, 0.6) is 0 Å². The van der Waals surface area contributed by atoms with Crippen molar-refractivity contribution in [3.05, 3.63) is 53.6 Å². The van der Waals surface area contributed by atoms with E-state index in [-0.39, 0.29) is 35.4 Å². The van der Waals surface area contributed by atoms with E-state index < -0.39 is 30.0 Å². The lowest BCUT2D eigenvalue weighted by atomic mass is 9.77. The minimum Gasteiger partial charge on any atom is -0.466 e. The summed E-state index contributed by atoms with van der Waals surface area (Å²) in [7, 11) is 0.669. The molecule has 2 aliphatic rings. The fraction of sp³-hybridized carbons (Fsp3) is 0.520. The topological polar surface area (TPSA) is 69.2 Å². The van der Waals surface area contributed by atoms with Gasteiger partial charge in [-0.1, -0.05) is 24.3 Å². The van der Waals surface area contributed by atoms with Gasteiger partial charge in [-0.25, -0.2) is 8.78 Å². The molecule has 0 unspecified atom stereocenters. The van der Waals surface area contributed by atoms with E-state index >= 15 is 0 Å². The summed E-state index contributed by atoms with van der Waals surface area (Å²) in [5, 5.41) is 3.05. The van der Waals surface area contributed by atoms with Crippen LogP contribution in [0.1, 0.15) is 46.6 Å². The second kappa shape index (κ2) is 10.00. The molecule has 2 fully saturated rings. The number of nitrogens with zero attached hydrogens (tertiary/aromatic N) is 1. The number of carbonyl (C=O) groups excluding carboxylic acids is 1. The molecule has 184 valence electrons. The van der Waals surface area contributed by atoms with Gasteiger partial charge in [-0.05, 0) is 53.0 Å². The summed E-state index contributed by atoms with van der Waals surface area (Å²) in [6.45, 7) is 13.7. The molecule has 0 radical (unpaired) electrons. The maximum Gasteiger partial charge on any atom is 0.497 e. The minimum atomic E-state index is -0.933. The van der Waals surface area contributed by atoms with Crippen LogP contribution in [0.4, 0.5) is 8.78 Å². The normalized spacial score (nSPS) is 23.3. The van der Waals surface area contributed by atoms with Gasteiger partial charge in [0.1, 0.15) is 17.5 Å². The molecule has 0 amide bonds. The molecule has 0 bridgehead atoms. The van der Waals surface area contributed by atoms with Crippen molar-refractivity contribution >= 4 is 24.4 Å². The molecule has 0 aromatic heterocycles. The molecular weight excluding hydrogens is 441 g/mol. The standard InChI is InChI=1S/C25H33BF2N2O4/c1-8-32-23(31)18-12-17(18)15(2)9-10-22(29-7)30-14-16-11-19(21(28)13-20(16)27)26-33-24(3,4)25(5,6)34-26/h9-11,13,17-18H,2,8,12,14H2,1,3-7H3,(H,29,30)/b10-9-/t17-,18+/m1/s1. The van der Waals surface area contributed by atoms with Crippen molar-refractivity contribution < 1.29 is 27.6 Å². The lowest BCUT2D eigenvalue weighted by Crippen LogP contribution is -2.41. The first kappa shape index (κ1) is 26.1. The highest BCUT2D eigenvalue weighted by atomic mass is 19.1. The SMILES string of the molecule is C=C(/C=C\C(=NC)NCc1cc(B2OC(C)(C)C(C)(C)O2)c(F)cc1F)[C@H]1C[C@@H]1C(=O)OCC. The van der Waals surface area contributed by atoms with Crippen molar-refractivity contribution in [2.75, 3.05) is 13.7 Å². The Labute approximate surface area is 200 Å². The average Bonchev–Trinajstić information content (AvgIpc) is 3.51. The number of halogens is 2. The number of esters is 1. The third-order valence-corrected chi connectivity index (χ3v) is 6.69. The first-order chi connectivity index (χ1) is 15.9. The van der Waals surface area contributed by atoms with E-state index in [1.54, 1.807) is 26.1 Å². The first-order valence-electron chi connectivity index (χ1n) is 11.5. The zero-order valence-electron chi connectivity index (χ0n) is 20.7. The van der Waals surface area contributed by atoms with Gasteiger partial charge in [0.05, 0.1) is 23.7 Å². The maximum atomic E-state index is 14.6. The van der Waals surface area contributed by atoms with Gasteiger partial charge >= 0.3 is 13.1 Å². The fourth-order valence-electron chi connectivity index (χ4n) is 3.72. The minimum absolute atomic E-state index is 0.0606. The van der Waals surface area contributed by atoms with Crippen LogP contribution in [0, 0.1) is 23.5 Å². The van der Waals surface area contributed by atoms with Crippen LogP contribution in [0.3, 0.4) is 0 Å². The Balaban J connectivity index is 1.64. The third kappa shape index (κ3) is 5.58. The Hall–Kier alpha value is -2.52. The van der Waals surface area contributed by atoms with Gasteiger partial charge in [0.15, 0.2) is 0 Å². The highest BCUT2D eigenvalue weighted by Gasteiger charge is 2.52. The number of hydrogen-bond donors (Lipinski definition) is 1. The average molecular weight is 474 g/mol. The first-order valence-corrected chi connectivity index (χ1v) is 11.5. The molecule has 1 heterocycles. The number of amidine groups is 1. The molecule has 1 aliphatic carbocycles. The summed E-state index contributed by atoms with van der Waals surface area (Å²) in [4.78, 5) is 16.0. The van der Waals surface area contributed by atoms with Crippen LogP contribution in [0.15, 0.2) is 41.4 Å². The molecular formula is C25H33BF2N2O4. The number of carbonyl (C=O) groups is 1. The number of rotatable bonds is 8. The molecule has 3 rings (SSSR count). The van der Waals surface area contributed by atoms with Gasteiger partial charge in [0.25, 0.3) is 0 Å². The number of aliphatic imine (C=N–C) groups is 1. The van der Waals surface area contributed by atoms with Crippen LogP contribution in [-0.4, -0.2) is 43.8 Å². The monoisotopic (exact) mass is 474 g/mol. The van der Waals surface area contributed by atoms with E-state index in [4.69, 9.17) is 14.0 Å². The van der Waals surface area contributed by atoms with Crippen molar-refractivity contribution in [1.82, 2.24) is 5.32 Å². The molecule has 34 heavy (non-hydrogen) atoms. The number of nitrogens with one attached hydrogen (secondary N) is 1. The van der Waals surface area contributed by atoms with Crippen molar-refractivity contribution in [2.24, 2.45) is 16.8 Å². The zero-order valence-corrected chi connectivity index (χ0v) is 20.7. The van der Waals surface area contributed by atoms with Crippen molar-refractivity contribution in [3.8, 4) is 0 Å². The van der Waals surface area contributed by atoms with E-state index in [9.17, 15) is 13.6 Å². The number of allylic oxidation sites excluding steroid dienone is 2. The smallest absolute Gasteiger partial charge is 0.466 e. The van der Waals surface area contributed by atoms with Crippen molar-refractivity contribution in [3.63, 3.8) is 0 Å². The largest absolute Gasteiger partial charge is 0.497 e. The van der Waals surface area contributed by atoms with Crippen LogP contribution in [0.25, 0.3) is 0 Å². The van der Waals surface area contributed by atoms with E-state index in [0.717, 1.165) is 18.1 Å². The van der Waals surface area contributed by atoms with Gasteiger partial charge in [0, 0.05) is 30.7 Å². The fourth-order valence-corrected chi connectivity index (χ4v) is 3.72. The predicted molar refractivity (Wildman–Crippen MR) is 129 cm³/mol. The molecule has 0 spiro atoms. The third-order valence-electron chi connectivity index (χ3n) is 6.69. The second-order valence-electron chi connectivity index (χ2n) is 9.62. The molecule has 1 aromatic carbocycles. The molecule has 6 nitrogen and oxygen atoms in total. The molecule has 1 saturated carbocycles. The Bertz CT molecular complexity index is 1010. The van der Waals surface area contributed by atoms with Gasteiger partial charge in [0.2, 0.25) is 0 Å². The molecule has 9 heteroatoms. The Morgan fingerprint density at radius 1 is 1.21 bits per heavy atom. The predicted octanol–water partition coefficient (Wildman–Crippen LogP) is 3.69. The van der Waals surface area contributed by atoms with Crippen LogP contribution < -0.4 is 10.8 Å². The van der Waals surface area contributed by atoms with Crippen molar-refractivity contribution in [1.29, 1.82) is 0 Å². The van der Waals surface area contributed by atoms with Gasteiger partial charge in [-0.3, -0.25) is 9.79 Å². The molecule has 1 N–H and O–H groups in total. The molecule has 1 aromatic rings. The summed E-state index contributed by atoms with van der Waals surface area (Å²) in [6.07, 6.45) is 4.23. The number of benzene rings is 1. The van der Waals surface area contributed by atoms with Crippen LogP contribution in [-0.2, 0) is 25.4 Å². The van der Waals surface area contributed by atoms with Crippen molar-refractivity contribution in [2.45, 2.75) is 58.8 Å². The highest BCUT2D eigenvalue weighted by Crippen LogP contribution is 2.44. The quantitative estimate of drug-likeness (QED) is 0.205. The summed E-state index contributed by atoms with van der Waals surface area (Å²) in [5.74, 6) is -1.19. The molecule has 2 atom stereocenters. The lowest BCUT2D eigenvalue weighted by molar-refractivity contribution is -0.144. The summed E-state index contributed by atoms with van der Waals surface area (Å²) in [5.41, 5.74) is -0.0736. The maximum absolute atomic E-state index is 14.6. The van der Waals surface area contributed by atoms with E-state index in [2.05, 4.69) is 16.9 Å². The molecule has 1 aliphatic heterocycles. The summed E-state index contributed by atoms with van der Waals surface area (Å²) < 4.78 is 46.0. The summed E-state index contributed by atoms with van der Waals surface area (Å²) in [6, 6.07) is 2.27.